The second-order valence-corrected chi connectivity index (χ2v) is 5.11. The van der Waals surface area contributed by atoms with E-state index in [-0.39, 0.29) is 0 Å². The van der Waals surface area contributed by atoms with E-state index in [0.717, 1.165) is 38.5 Å². The summed E-state index contributed by atoms with van der Waals surface area (Å²) in [6.45, 7) is 3.71. The lowest BCUT2D eigenvalue weighted by Gasteiger charge is -2.25. The highest BCUT2D eigenvalue weighted by molar-refractivity contribution is 5.37. The van der Waals surface area contributed by atoms with Gasteiger partial charge >= 0.3 is 0 Å². The van der Waals surface area contributed by atoms with Crippen molar-refractivity contribution in [2.45, 2.75) is 31.6 Å². The van der Waals surface area contributed by atoms with Crippen LogP contribution in [-0.4, -0.2) is 33.4 Å². The van der Waals surface area contributed by atoms with Crippen molar-refractivity contribution in [2.75, 3.05) is 33.4 Å². The van der Waals surface area contributed by atoms with Crippen LogP contribution in [0.4, 0.5) is 0 Å². The monoisotopic (exact) mass is 263 g/mol. The Bertz CT molecular complexity index is 368. The van der Waals surface area contributed by atoms with Gasteiger partial charge in [-0.2, -0.15) is 0 Å². The van der Waals surface area contributed by atoms with Crippen molar-refractivity contribution in [1.29, 1.82) is 0 Å². The van der Waals surface area contributed by atoms with Crippen molar-refractivity contribution < 1.29 is 9.47 Å². The van der Waals surface area contributed by atoms with Gasteiger partial charge in [-0.05, 0) is 43.4 Å². The summed E-state index contributed by atoms with van der Waals surface area (Å²) in [4.78, 5) is 0. The van der Waals surface area contributed by atoms with Crippen LogP contribution in [0.5, 0.6) is 5.75 Å². The zero-order valence-corrected chi connectivity index (χ0v) is 11.9. The smallest absolute Gasteiger partial charge is 0.122 e. The first kappa shape index (κ1) is 14.4. The number of benzene rings is 1. The van der Waals surface area contributed by atoms with Gasteiger partial charge in [0.1, 0.15) is 5.75 Å². The van der Waals surface area contributed by atoms with Crippen LogP contribution in [-0.2, 0) is 4.74 Å². The van der Waals surface area contributed by atoms with Crippen molar-refractivity contribution in [1.82, 2.24) is 5.32 Å². The first-order valence-electron chi connectivity index (χ1n) is 7.33. The lowest BCUT2D eigenvalue weighted by Crippen LogP contribution is -2.20. The standard InChI is InChI=1S/C16H25NO2/c1-18-13-11-17-10-5-4-6-14-9-12-19-16-8-3-2-7-15(14)16/h2-3,7-8,14,17H,4-6,9-13H2,1H3. The first-order valence-corrected chi connectivity index (χ1v) is 7.33. The van der Waals surface area contributed by atoms with E-state index < -0.39 is 0 Å². The van der Waals surface area contributed by atoms with E-state index in [1.165, 1.54) is 24.8 Å². The minimum Gasteiger partial charge on any atom is -0.493 e. The quantitative estimate of drug-likeness (QED) is 0.731. The van der Waals surface area contributed by atoms with Gasteiger partial charge in [-0.15, -0.1) is 0 Å². The zero-order valence-electron chi connectivity index (χ0n) is 11.9. The highest BCUT2D eigenvalue weighted by Gasteiger charge is 2.20. The number of nitrogens with one attached hydrogen (secondary N) is 1. The predicted octanol–water partition coefficient (Wildman–Crippen LogP) is 2.96. The molecule has 0 aromatic heterocycles. The Morgan fingerprint density at radius 2 is 2.16 bits per heavy atom. The van der Waals surface area contributed by atoms with Crippen LogP contribution in [0.25, 0.3) is 0 Å². The molecular formula is C16H25NO2. The Morgan fingerprint density at radius 3 is 3.05 bits per heavy atom. The van der Waals surface area contributed by atoms with Crippen molar-refractivity contribution in [3.8, 4) is 5.75 Å². The topological polar surface area (TPSA) is 30.5 Å². The first-order chi connectivity index (χ1) is 9.42. The van der Waals surface area contributed by atoms with Crippen molar-refractivity contribution in [3.63, 3.8) is 0 Å². The Hall–Kier alpha value is -1.06. The van der Waals surface area contributed by atoms with Crippen LogP contribution in [0.3, 0.4) is 0 Å². The molecule has 0 radical (unpaired) electrons. The number of rotatable bonds is 8. The van der Waals surface area contributed by atoms with Gasteiger partial charge in [-0.3, -0.25) is 0 Å². The molecule has 1 aromatic rings. The van der Waals surface area contributed by atoms with Gasteiger partial charge in [0, 0.05) is 13.7 Å². The maximum absolute atomic E-state index is 5.70. The van der Waals surface area contributed by atoms with E-state index in [2.05, 4.69) is 29.6 Å². The average Bonchev–Trinajstić information content (AvgIpc) is 2.46. The Balaban J connectivity index is 1.67. The molecule has 0 saturated carbocycles. The third-order valence-electron chi connectivity index (χ3n) is 3.72. The van der Waals surface area contributed by atoms with Crippen LogP contribution in [0.1, 0.15) is 37.2 Å². The molecule has 1 unspecified atom stereocenters. The highest BCUT2D eigenvalue weighted by Crippen LogP contribution is 2.36. The highest BCUT2D eigenvalue weighted by atomic mass is 16.5. The van der Waals surface area contributed by atoms with Crippen molar-refractivity contribution >= 4 is 0 Å². The Kier molecular flexibility index (Phi) is 6.18. The lowest BCUT2D eigenvalue weighted by molar-refractivity contribution is 0.199. The molecule has 1 N–H and O–H groups in total. The minimum absolute atomic E-state index is 0.684. The van der Waals surface area contributed by atoms with Gasteiger partial charge in [0.15, 0.2) is 0 Å². The van der Waals surface area contributed by atoms with Gasteiger partial charge < -0.3 is 14.8 Å². The SMILES string of the molecule is COCCNCCCCC1CCOc2ccccc21. The molecule has 19 heavy (non-hydrogen) atoms. The summed E-state index contributed by atoms with van der Waals surface area (Å²) in [5, 5.41) is 3.39. The fourth-order valence-electron chi connectivity index (χ4n) is 2.66. The van der Waals surface area contributed by atoms with Crippen molar-refractivity contribution in [3.05, 3.63) is 29.8 Å². The van der Waals surface area contributed by atoms with Gasteiger partial charge in [0.2, 0.25) is 0 Å². The summed E-state index contributed by atoms with van der Waals surface area (Å²) in [6, 6.07) is 8.48. The molecule has 106 valence electrons. The van der Waals surface area contributed by atoms with Crippen LogP contribution in [0.15, 0.2) is 24.3 Å². The summed E-state index contributed by atoms with van der Waals surface area (Å²) in [5.41, 5.74) is 1.40. The largest absolute Gasteiger partial charge is 0.493 e. The van der Waals surface area contributed by atoms with Crippen LogP contribution < -0.4 is 10.1 Å². The van der Waals surface area contributed by atoms with E-state index >= 15 is 0 Å². The second kappa shape index (κ2) is 8.18. The normalized spacial score (nSPS) is 17.8. The summed E-state index contributed by atoms with van der Waals surface area (Å²) >= 11 is 0. The number of unbranched alkanes of at least 4 members (excludes halogenated alkanes) is 1. The molecule has 1 atom stereocenters. The molecule has 1 aliphatic heterocycles. The molecule has 3 nitrogen and oxygen atoms in total. The molecule has 0 aliphatic carbocycles. The number of hydrogen-bond acceptors (Lipinski definition) is 3. The average molecular weight is 263 g/mol. The molecule has 0 fully saturated rings. The number of hydrogen-bond donors (Lipinski definition) is 1. The number of ether oxygens (including phenoxy) is 2. The molecule has 1 heterocycles. The molecule has 0 saturated heterocycles. The molecule has 1 aromatic carbocycles. The van der Waals surface area contributed by atoms with Crippen LogP contribution in [0.2, 0.25) is 0 Å². The molecule has 2 rings (SSSR count). The number of methoxy groups -OCH3 is 1. The fraction of sp³-hybridized carbons (Fsp3) is 0.625. The van der Waals surface area contributed by atoms with Gasteiger partial charge in [-0.1, -0.05) is 24.6 Å². The number of fused-ring (bicyclic) bond motifs is 1. The predicted molar refractivity (Wildman–Crippen MR) is 77.9 cm³/mol. The lowest BCUT2D eigenvalue weighted by atomic mass is 9.89. The molecule has 0 bridgehead atoms. The third kappa shape index (κ3) is 4.51. The van der Waals surface area contributed by atoms with Gasteiger partial charge in [-0.25, -0.2) is 0 Å². The van der Waals surface area contributed by atoms with E-state index in [1.54, 1.807) is 7.11 Å². The Labute approximate surface area is 116 Å². The maximum Gasteiger partial charge on any atom is 0.122 e. The number of para-hydroxylation sites is 1. The fourth-order valence-corrected chi connectivity index (χ4v) is 2.66. The maximum atomic E-state index is 5.70. The molecule has 1 aliphatic rings. The third-order valence-corrected chi connectivity index (χ3v) is 3.72. The van der Waals surface area contributed by atoms with Gasteiger partial charge in [0.05, 0.1) is 13.2 Å². The minimum atomic E-state index is 0.684. The summed E-state index contributed by atoms with van der Waals surface area (Å²) in [5.74, 6) is 1.78. The van der Waals surface area contributed by atoms with E-state index in [1.807, 2.05) is 0 Å². The van der Waals surface area contributed by atoms with E-state index in [0.29, 0.717) is 5.92 Å². The van der Waals surface area contributed by atoms with E-state index in [4.69, 9.17) is 9.47 Å². The van der Waals surface area contributed by atoms with E-state index in [9.17, 15) is 0 Å². The van der Waals surface area contributed by atoms with Crippen LogP contribution in [0, 0.1) is 0 Å². The molecule has 0 spiro atoms. The second-order valence-electron chi connectivity index (χ2n) is 5.11. The molecule has 0 amide bonds. The molecular weight excluding hydrogens is 238 g/mol. The summed E-state index contributed by atoms with van der Waals surface area (Å²) < 4.78 is 10.7. The summed E-state index contributed by atoms with van der Waals surface area (Å²) in [7, 11) is 1.74. The zero-order chi connectivity index (χ0) is 13.3. The summed E-state index contributed by atoms with van der Waals surface area (Å²) in [6.07, 6.45) is 4.95. The van der Waals surface area contributed by atoms with Crippen LogP contribution >= 0.6 is 0 Å². The van der Waals surface area contributed by atoms with Crippen molar-refractivity contribution in [2.24, 2.45) is 0 Å². The molecule has 3 heteroatoms. The Morgan fingerprint density at radius 1 is 1.26 bits per heavy atom. The van der Waals surface area contributed by atoms with Gasteiger partial charge in [0.25, 0.3) is 0 Å².